The molecule has 0 bridgehead atoms. The summed E-state index contributed by atoms with van der Waals surface area (Å²) in [4.78, 5) is 0. The minimum Gasteiger partial charge on any atom is -0.388 e. The van der Waals surface area contributed by atoms with Crippen molar-refractivity contribution < 1.29 is 5.11 Å². The zero-order valence-corrected chi connectivity index (χ0v) is 9.97. The van der Waals surface area contributed by atoms with E-state index in [0.29, 0.717) is 6.04 Å². The maximum atomic E-state index is 10.7. The van der Waals surface area contributed by atoms with Crippen LogP contribution in [0.25, 0.3) is 0 Å². The Morgan fingerprint density at radius 3 is 2.80 bits per heavy atom. The van der Waals surface area contributed by atoms with Crippen molar-refractivity contribution >= 4 is 0 Å². The number of hydrogen-bond acceptors (Lipinski definition) is 2. The van der Waals surface area contributed by atoms with Crippen molar-refractivity contribution in [2.24, 2.45) is 5.92 Å². The van der Waals surface area contributed by atoms with E-state index in [0.717, 1.165) is 25.3 Å². The number of rotatable bonds is 2. The van der Waals surface area contributed by atoms with Gasteiger partial charge in [-0.1, -0.05) is 32.6 Å². The van der Waals surface area contributed by atoms with Gasteiger partial charge in [0, 0.05) is 6.04 Å². The molecule has 2 N–H and O–H groups in total. The van der Waals surface area contributed by atoms with Crippen LogP contribution in [0.4, 0.5) is 0 Å². The van der Waals surface area contributed by atoms with Gasteiger partial charge in [0.15, 0.2) is 0 Å². The van der Waals surface area contributed by atoms with Crippen molar-refractivity contribution in [2.75, 3.05) is 6.54 Å². The van der Waals surface area contributed by atoms with E-state index in [1.165, 1.54) is 38.5 Å². The molecular formula is C13H25NO. The molecule has 0 amide bonds. The Hall–Kier alpha value is -0.0800. The zero-order valence-electron chi connectivity index (χ0n) is 9.97. The lowest BCUT2D eigenvalue weighted by Crippen LogP contribution is -2.54. The Kier molecular flexibility index (Phi) is 3.68. The lowest BCUT2D eigenvalue weighted by atomic mass is 9.71. The third-order valence-electron chi connectivity index (χ3n) is 4.40. The first kappa shape index (κ1) is 11.4. The minimum atomic E-state index is -0.390. The first-order valence-corrected chi connectivity index (χ1v) is 6.70. The van der Waals surface area contributed by atoms with E-state index in [4.69, 9.17) is 0 Å². The molecule has 0 aromatic heterocycles. The molecule has 0 aromatic rings. The number of piperidine rings is 1. The average Bonchev–Trinajstić information content (AvgIpc) is 2.30. The first-order valence-electron chi connectivity index (χ1n) is 6.70. The highest BCUT2D eigenvalue weighted by molar-refractivity contribution is 4.96. The molecule has 0 spiro atoms. The zero-order chi connectivity index (χ0) is 10.7. The van der Waals surface area contributed by atoms with Crippen molar-refractivity contribution in [1.29, 1.82) is 0 Å². The number of hydrogen-bond donors (Lipinski definition) is 2. The van der Waals surface area contributed by atoms with Gasteiger partial charge in [-0.15, -0.1) is 0 Å². The molecule has 15 heavy (non-hydrogen) atoms. The monoisotopic (exact) mass is 211 g/mol. The highest BCUT2D eigenvalue weighted by Gasteiger charge is 2.40. The van der Waals surface area contributed by atoms with Crippen LogP contribution in [0, 0.1) is 5.92 Å². The van der Waals surface area contributed by atoms with Gasteiger partial charge in [0.25, 0.3) is 0 Å². The number of aliphatic hydroxyl groups is 1. The second-order valence-electron chi connectivity index (χ2n) is 5.48. The predicted molar refractivity (Wildman–Crippen MR) is 62.8 cm³/mol. The highest BCUT2D eigenvalue weighted by Crippen LogP contribution is 2.38. The molecule has 2 nitrogen and oxygen atoms in total. The Morgan fingerprint density at radius 2 is 2.13 bits per heavy atom. The van der Waals surface area contributed by atoms with Gasteiger partial charge in [0.1, 0.15) is 0 Å². The van der Waals surface area contributed by atoms with Gasteiger partial charge in [0.2, 0.25) is 0 Å². The summed E-state index contributed by atoms with van der Waals surface area (Å²) in [5.41, 5.74) is -0.390. The van der Waals surface area contributed by atoms with E-state index in [2.05, 4.69) is 12.2 Å². The third kappa shape index (κ3) is 2.54. The molecule has 1 heterocycles. The normalized spacial score (nSPS) is 42.8. The molecule has 1 saturated carbocycles. The molecule has 0 radical (unpaired) electrons. The fourth-order valence-corrected chi connectivity index (χ4v) is 3.38. The second-order valence-corrected chi connectivity index (χ2v) is 5.48. The molecule has 1 saturated heterocycles. The molecule has 3 unspecified atom stereocenters. The van der Waals surface area contributed by atoms with Crippen LogP contribution < -0.4 is 5.32 Å². The molecule has 1 aliphatic carbocycles. The standard InChI is InChI=1S/C13H25NO/c1-2-11-6-5-8-13(15,10-11)12-7-3-4-9-14-12/h11-12,14-15H,2-10H2,1H3. The van der Waals surface area contributed by atoms with Gasteiger partial charge in [0.05, 0.1) is 5.60 Å². The van der Waals surface area contributed by atoms with Gasteiger partial charge >= 0.3 is 0 Å². The van der Waals surface area contributed by atoms with E-state index in [-0.39, 0.29) is 5.60 Å². The molecule has 88 valence electrons. The van der Waals surface area contributed by atoms with Crippen LogP contribution in [0.15, 0.2) is 0 Å². The average molecular weight is 211 g/mol. The van der Waals surface area contributed by atoms with Crippen LogP contribution in [-0.2, 0) is 0 Å². The molecule has 0 aromatic carbocycles. The Balaban J connectivity index is 1.97. The lowest BCUT2D eigenvalue weighted by Gasteiger charge is -2.44. The van der Waals surface area contributed by atoms with Crippen molar-refractivity contribution in [3.63, 3.8) is 0 Å². The third-order valence-corrected chi connectivity index (χ3v) is 4.40. The second kappa shape index (κ2) is 4.84. The summed E-state index contributed by atoms with van der Waals surface area (Å²) in [6, 6.07) is 0.376. The molecule has 3 atom stereocenters. The van der Waals surface area contributed by atoms with Crippen LogP contribution in [-0.4, -0.2) is 23.3 Å². The molecule has 2 aliphatic rings. The molecule has 2 heteroatoms. The summed E-state index contributed by atoms with van der Waals surface area (Å²) in [6.45, 7) is 3.36. The van der Waals surface area contributed by atoms with Gasteiger partial charge < -0.3 is 10.4 Å². The van der Waals surface area contributed by atoms with E-state index in [1.807, 2.05) is 0 Å². The fraction of sp³-hybridized carbons (Fsp3) is 1.00. The van der Waals surface area contributed by atoms with E-state index >= 15 is 0 Å². The van der Waals surface area contributed by atoms with Gasteiger partial charge in [-0.2, -0.15) is 0 Å². The summed E-state index contributed by atoms with van der Waals surface area (Å²) in [7, 11) is 0. The van der Waals surface area contributed by atoms with Gasteiger partial charge in [-0.05, 0) is 38.1 Å². The van der Waals surface area contributed by atoms with Crippen LogP contribution >= 0.6 is 0 Å². The van der Waals surface area contributed by atoms with Gasteiger partial charge in [-0.25, -0.2) is 0 Å². The van der Waals surface area contributed by atoms with Crippen molar-refractivity contribution in [3.05, 3.63) is 0 Å². The Morgan fingerprint density at radius 1 is 1.27 bits per heavy atom. The molecule has 2 rings (SSSR count). The van der Waals surface area contributed by atoms with Crippen LogP contribution in [0.3, 0.4) is 0 Å². The summed E-state index contributed by atoms with van der Waals surface area (Å²) in [6.07, 6.45) is 9.56. The maximum Gasteiger partial charge on any atom is 0.0802 e. The van der Waals surface area contributed by atoms with Crippen LogP contribution in [0.5, 0.6) is 0 Å². The topological polar surface area (TPSA) is 32.3 Å². The summed E-state index contributed by atoms with van der Waals surface area (Å²) in [5.74, 6) is 0.757. The quantitative estimate of drug-likeness (QED) is 0.735. The first-order chi connectivity index (χ1) is 7.24. The smallest absolute Gasteiger partial charge is 0.0802 e. The van der Waals surface area contributed by atoms with Crippen molar-refractivity contribution in [2.45, 2.75) is 69.9 Å². The molecule has 1 aliphatic heterocycles. The summed E-state index contributed by atoms with van der Waals surface area (Å²) in [5, 5.41) is 14.3. The van der Waals surface area contributed by atoms with Crippen LogP contribution in [0.2, 0.25) is 0 Å². The largest absolute Gasteiger partial charge is 0.388 e. The highest BCUT2D eigenvalue weighted by atomic mass is 16.3. The van der Waals surface area contributed by atoms with Crippen LogP contribution in [0.1, 0.15) is 58.3 Å². The van der Waals surface area contributed by atoms with E-state index < -0.39 is 0 Å². The molecular weight excluding hydrogens is 186 g/mol. The fourth-order valence-electron chi connectivity index (χ4n) is 3.38. The van der Waals surface area contributed by atoms with Gasteiger partial charge in [-0.3, -0.25) is 0 Å². The summed E-state index contributed by atoms with van der Waals surface area (Å²) < 4.78 is 0. The number of nitrogens with one attached hydrogen (secondary N) is 1. The Bertz CT molecular complexity index is 201. The SMILES string of the molecule is CCC1CCCC(O)(C2CCCCN2)C1. The molecule has 2 fully saturated rings. The van der Waals surface area contributed by atoms with E-state index in [9.17, 15) is 5.11 Å². The predicted octanol–water partition coefficient (Wildman–Crippen LogP) is 2.46. The van der Waals surface area contributed by atoms with Crippen molar-refractivity contribution in [3.8, 4) is 0 Å². The lowest BCUT2D eigenvalue weighted by molar-refractivity contribution is -0.0541. The van der Waals surface area contributed by atoms with E-state index in [1.54, 1.807) is 0 Å². The summed E-state index contributed by atoms with van der Waals surface area (Å²) >= 11 is 0. The van der Waals surface area contributed by atoms with Crippen molar-refractivity contribution in [1.82, 2.24) is 5.32 Å². The Labute approximate surface area is 93.5 Å². The minimum absolute atomic E-state index is 0.376. The maximum absolute atomic E-state index is 10.7.